The van der Waals surface area contributed by atoms with Gasteiger partial charge in [-0.15, -0.1) is 0 Å². The molecule has 0 bridgehead atoms. The highest BCUT2D eigenvalue weighted by molar-refractivity contribution is 9.10. The van der Waals surface area contributed by atoms with Gasteiger partial charge in [0.1, 0.15) is 17.9 Å². The third-order valence-electron chi connectivity index (χ3n) is 4.29. The molecule has 0 aliphatic rings. The number of halogens is 1. The lowest BCUT2D eigenvalue weighted by atomic mass is 10.1. The summed E-state index contributed by atoms with van der Waals surface area (Å²) in [5.41, 5.74) is 1.89. The lowest BCUT2D eigenvalue weighted by Gasteiger charge is -2.18. The van der Waals surface area contributed by atoms with Gasteiger partial charge in [-0.2, -0.15) is 0 Å². The molecule has 1 atom stereocenters. The quantitative estimate of drug-likeness (QED) is 0.396. The monoisotopic (exact) mass is 443 g/mol. The lowest BCUT2D eigenvalue weighted by molar-refractivity contribution is -0.108. The summed E-state index contributed by atoms with van der Waals surface area (Å²) in [6.07, 6.45) is 1.14. The molecule has 6 nitrogen and oxygen atoms in total. The highest BCUT2D eigenvalue weighted by atomic mass is 79.9. The van der Waals surface area contributed by atoms with Gasteiger partial charge in [-0.3, -0.25) is 0 Å². The van der Waals surface area contributed by atoms with Gasteiger partial charge >= 0.3 is 0 Å². The van der Waals surface area contributed by atoms with E-state index in [0.717, 1.165) is 33.0 Å². The summed E-state index contributed by atoms with van der Waals surface area (Å²) in [5, 5.41) is 4.32. The zero-order valence-electron chi connectivity index (χ0n) is 16.0. The highest BCUT2D eigenvalue weighted by Gasteiger charge is 2.15. The number of fused-ring (bicyclic) bond motifs is 1. The van der Waals surface area contributed by atoms with Crippen LogP contribution in [-0.4, -0.2) is 30.0 Å². The average Bonchev–Trinajstić information content (AvgIpc) is 2.67. The van der Waals surface area contributed by atoms with E-state index in [2.05, 4.69) is 50.3 Å². The van der Waals surface area contributed by atoms with Crippen LogP contribution < -0.4 is 14.8 Å². The average molecular weight is 444 g/mol. The van der Waals surface area contributed by atoms with Crippen LogP contribution in [0.2, 0.25) is 0 Å². The van der Waals surface area contributed by atoms with Gasteiger partial charge in [0.25, 0.3) is 0 Å². The fourth-order valence-electron chi connectivity index (χ4n) is 2.92. The van der Waals surface area contributed by atoms with Crippen LogP contribution in [-0.2, 0) is 4.79 Å². The number of aldehydes is 1. The summed E-state index contributed by atoms with van der Waals surface area (Å²) in [4.78, 5) is 19.7. The van der Waals surface area contributed by atoms with Crippen LogP contribution in [0.3, 0.4) is 0 Å². The van der Waals surface area contributed by atoms with E-state index in [1.54, 1.807) is 7.11 Å². The SMILES string of the molecule is COc1cc2c(N[C@H](C)c3cccc(Br)c3)nc(C)nc2cc1OCCC=O. The lowest BCUT2D eigenvalue weighted by Crippen LogP contribution is -2.10. The van der Waals surface area contributed by atoms with Crippen molar-refractivity contribution < 1.29 is 14.3 Å². The first kappa shape index (κ1) is 20.1. The molecule has 1 aromatic heterocycles. The number of rotatable bonds is 8. The number of aromatic nitrogens is 2. The molecule has 1 heterocycles. The number of hydrogen-bond acceptors (Lipinski definition) is 6. The van der Waals surface area contributed by atoms with Gasteiger partial charge in [0.15, 0.2) is 11.5 Å². The summed E-state index contributed by atoms with van der Waals surface area (Å²) < 4.78 is 12.2. The fourth-order valence-corrected chi connectivity index (χ4v) is 3.33. The molecule has 0 spiro atoms. The van der Waals surface area contributed by atoms with Crippen molar-refractivity contribution in [1.82, 2.24) is 9.97 Å². The predicted octanol–water partition coefficient (Wildman–Crippen LogP) is 4.85. The molecular formula is C21H22BrN3O3. The number of anilines is 1. The molecule has 28 heavy (non-hydrogen) atoms. The van der Waals surface area contributed by atoms with E-state index in [4.69, 9.17) is 9.47 Å². The number of nitrogens with zero attached hydrogens (tertiary/aromatic N) is 2. The Bertz CT molecular complexity index is 994. The van der Waals surface area contributed by atoms with E-state index in [-0.39, 0.29) is 6.04 Å². The maximum atomic E-state index is 10.5. The van der Waals surface area contributed by atoms with E-state index >= 15 is 0 Å². The van der Waals surface area contributed by atoms with E-state index in [9.17, 15) is 4.79 Å². The summed E-state index contributed by atoms with van der Waals surface area (Å²) in [6.45, 7) is 4.23. The number of nitrogens with one attached hydrogen (secondary N) is 1. The number of benzene rings is 2. The van der Waals surface area contributed by atoms with E-state index in [1.165, 1.54) is 0 Å². The first-order chi connectivity index (χ1) is 13.5. The van der Waals surface area contributed by atoms with Crippen LogP contribution in [0.5, 0.6) is 11.5 Å². The molecule has 7 heteroatoms. The van der Waals surface area contributed by atoms with Gasteiger partial charge in [-0.05, 0) is 37.6 Å². The first-order valence-electron chi connectivity index (χ1n) is 8.96. The maximum absolute atomic E-state index is 10.5. The molecule has 1 N–H and O–H groups in total. The zero-order valence-corrected chi connectivity index (χ0v) is 17.6. The summed E-state index contributed by atoms with van der Waals surface area (Å²) in [5.74, 6) is 2.51. The van der Waals surface area contributed by atoms with Gasteiger partial charge in [0.2, 0.25) is 0 Å². The van der Waals surface area contributed by atoms with Gasteiger partial charge in [0.05, 0.1) is 25.3 Å². The van der Waals surface area contributed by atoms with Crippen LogP contribution in [0.4, 0.5) is 5.82 Å². The van der Waals surface area contributed by atoms with Crippen LogP contribution in [0.15, 0.2) is 40.9 Å². The topological polar surface area (TPSA) is 73.3 Å². The van der Waals surface area contributed by atoms with Gasteiger partial charge in [0, 0.05) is 22.3 Å². The highest BCUT2D eigenvalue weighted by Crippen LogP contribution is 2.35. The Morgan fingerprint density at radius 3 is 2.75 bits per heavy atom. The fraction of sp³-hybridized carbons (Fsp3) is 0.286. The van der Waals surface area contributed by atoms with Crippen LogP contribution in [0.1, 0.15) is 30.8 Å². The number of ether oxygens (including phenoxy) is 2. The predicted molar refractivity (Wildman–Crippen MR) is 113 cm³/mol. The molecule has 3 aromatic rings. The van der Waals surface area contributed by atoms with Crippen molar-refractivity contribution in [2.24, 2.45) is 0 Å². The molecule has 3 rings (SSSR count). The van der Waals surface area contributed by atoms with Crippen molar-refractivity contribution in [2.75, 3.05) is 19.0 Å². The molecule has 0 radical (unpaired) electrons. The second-order valence-electron chi connectivity index (χ2n) is 6.36. The van der Waals surface area contributed by atoms with Gasteiger partial charge in [-0.1, -0.05) is 28.1 Å². The smallest absolute Gasteiger partial charge is 0.163 e. The second-order valence-corrected chi connectivity index (χ2v) is 7.28. The van der Waals surface area contributed by atoms with E-state index in [1.807, 2.05) is 31.2 Å². The van der Waals surface area contributed by atoms with E-state index in [0.29, 0.717) is 30.4 Å². The van der Waals surface area contributed by atoms with Crippen molar-refractivity contribution in [3.05, 3.63) is 52.3 Å². The number of carbonyl (C=O) groups is 1. The Morgan fingerprint density at radius 1 is 1.21 bits per heavy atom. The maximum Gasteiger partial charge on any atom is 0.163 e. The zero-order chi connectivity index (χ0) is 20.1. The summed E-state index contributed by atoms with van der Waals surface area (Å²) in [7, 11) is 1.58. The minimum absolute atomic E-state index is 0.0458. The Hall–Kier alpha value is -2.67. The molecule has 2 aromatic carbocycles. The number of hydrogen-bond donors (Lipinski definition) is 1. The first-order valence-corrected chi connectivity index (χ1v) is 9.76. The van der Waals surface area contributed by atoms with Crippen molar-refractivity contribution in [1.29, 1.82) is 0 Å². The molecule has 0 amide bonds. The van der Waals surface area contributed by atoms with Crippen LogP contribution >= 0.6 is 15.9 Å². The molecule has 0 saturated heterocycles. The molecule has 0 saturated carbocycles. The Kier molecular flexibility index (Phi) is 6.46. The number of methoxy groups -OCH3 is 1. The van der Waals surface area contributed by atoms with Gasteiger partial charge < -0.3 is 19.6 Å². The normalized spacial score (nSPS) is 11.9. The molecule has 146 valence electrons. The third kappa shape index (κ3) is 4.59. The van der Waals surface area contributed by atoms with Crippen LogP contribution in [0.25, 0.3) is 10.9 Å². The Labute approximate surface area is 172 Å². The van der Waals surface area contributed by atoms with E-state index < -0.39 is 0 Å². The number of carbonyl (C=O) groups excluding carboxylic acids is 1. The minimum Gasteiger partial charge on any atom is -0.493 e. The van der Waals surface area contributed by atoms with Crippen molar-refractivity contribution >= 4 is 38.9 Å². The number of aryl methyl sites for hydroxylation is 1. The van der Waals surface area contributed by atoms with Crippen molar-refractivity contribution in [2.45, 2.75) is 26.3 Å². The molecular weight excluding hydrogens is 422 g/mol. The summed E-state index contributed by atoms with van der Waals surface area (Å²) in [6, 6.07) is 11.9. The molecule has 0 aliphatic carbocycles. The van der Waals surface area contributed by atoms with Crippen LogP contribution in [0, 0.1) is 6.92 Å². The largest absolute Gasteiger partial charge is 0.493 e. The molecule has 0 fully saturated rings. The van der Waals surface area contributed by atoms with Crippen molar-refractivity contribution in [3.8, 4) is 11.5 Å². The Balaban J connectivity index is 1.98. The Morgan fingerprint density at radius 2 is 2.04 bits per heavy atom. The molecule has 0 aliphatic heterocycles. The minimum atomic E-state index is 0.0458. The summed E-state index contributed by atoms with van der Waals surface area (Å²) >= 11 is 3.51. The van der Waals surface area contributed by atoms with Crippen molar-refractivity contribution in [3.63, 3.8) is 0 Å². The second kappa shape index (κ2) is 9.01. The van der Waals surface area contributed by atoms with Gasteiger partial charge in [-0.25, -0.2) is 9.97 Å². The standard InChI is InChI=1S/C21H22BrN3O3/c1-13(15-6-4-7-16(22)10-15)23-21-17-11-19(27-3)20(28-9-5-8-26)12-18(17)24-14(2)25-21/h4,6-8,10-13H,5,9H2,1-3H3,(H,23,24,25)/t13-/m1/s1. The third-order valence-corrected chi connectivity index (χ3v) is 4.78. The molecule has 0 unspecified atom stereocenters.